The van der Waals surface area contributed by atoms with E-state index < -0.39 is 0 Å². The van der Waals surface area contributed by atoms with Crippen LogP contribution in [0.15, 0.2) is 46.9 Å². The number of ether oxygens (including phenoxy) is 2. The van der Waals surface area contributed by atoms with Crippen molar-refractivity contribution in [1.82, 2.24) is 0 Å². The average Bonchev–Trinajstić information content (AvgIpc) is 3.16. The van der Waals surface area contributed by atoms with Crippen LogP contribution in [-0.4, -0.2) is 19.7 Å². The molecule has 0 spiro atoms. The maximum atomic E-state index is 13.0. The molecule has 1 aliphatic carbocycles. The van der Waals surface area contributed by atoms with Gasteiger partial charge in [-0.3, -0.25) is 0 Å². The van der Waals surface area contributed by atoms with Gasteiger partial charge in [0.1, 0.15) is 22.7 Å². The molecule has 4 rings (SSSR count). The van der Waals surface area contributed by atoms with E-state index >= 15 is 0 Å². The number of benzene rings is 2. The molecule has 0 radical (unpaired) electrons. The predicted molar refractivity (Wildman–Crippen MR) is 114 cm³/mol. The van der Waals surface area contributed by atoms with Crippen LogP contribution in [0, 0.1) is 5.92 Å². The zero-order chi connectivity index (χ0) is 20.2. The first-order chi connectivity index (χ1) is 14.2. The molecule has 0 saturated heterocycles. The van der Waals surface area contributed by atoms with Crippen LogP contribution in [0.4, 0.5) is 0 Å². The highest BCUT2D eigenvalue weighted by Crippen LogP contribution is 2.41. The zero-order valence-electron chi connectivity index (χ0n) is 17.2. The fourth-order valence-electron chi connectivity index (χ4n) is 4.51. The summed E-state index contributed by atoms with van der Waals surface area (Å²) in [6.07, 6.45) is 7.19. The average molecular weight is 392 g/mol. The summed E-state index contributed by atoms with van der Waals surface area (Å²) in [6, 6.07) is 13.6. The van der Waals surface area contributed by atoms with Crippen LogP contribution >= 0.6 is 0 Å². The van der Waals surface area contributed by atoms with Crippen LogP contribution < -0.4 is 4.74 Å². The molecule has 1 aliphatic rings. The van der Waals surface area contributed by atoms with Gasteiger partial charge in [-0.25, -0.2) is 4.79 Å². The van der Waals surface area contributed by atoms with Crippen LogP contribution in [0.25, 0.3) is 22.3 Å². The van der Waals surface area contributed by atoms with Crippen molar-refractivity contribution in [3.05, 3.63) is 53.6 Å². The molecule has 0 unspecified atom stereocenters. The van der Waals surface area contributed by atoms with Gasteiger partial charge in [-0.2, -0.15) is 0 Å². The highest BCUT2D eigenvalue weighted by molar-refractivity contribution is 6.10. The van der Waals surface area contributed by atoms with Crippen molar-refractivity contribution in [1.29, 1.82) is 0 Å². The molecule has 152 valence electrons. The minimum atomic E-state index is -0.344. The number of carbonyl (C=O) groups is 1. The fraction of sp³-hybridized carbons (Fsp3) is 0.400. The summed E-state index contributed by atoms with van der Waals surface area (Å²) >= 11 is 0. The molecule has 3 aromatic rings. The number of hydrogen-bond acceptors (Lipinski definition) is 4. The summed E-state index contributed by atoms with van der Waals surface area (Å²) in [7, 11) is 1.69. The summed E-state index contributed by atoms with van der Waals surface area (Å²) in [5.74, 6) is 1.64. The topological polar surface area (TPSA) is 48.7 Å². The van der Waals surface area contributed by atoms with E-state index in [4.69, 9.17) is 13.9 Å². The second-order valence-corrected chi connectivity index (χ2v) is 7.72. The molecule has 1 heterocycles. The third kappa shape index (κ3) is 3.89. The smallest absolute Gasteiger partial charge is 0.342 e. The summed E-state index contributed by atoms with van der Waals surface area (Å²) in [4.78, 5) is 13.0. The number of fused-ring (bicyclic) bond motifs is 1. The van der Waals surface area contributed by atoms with Gasteiger partial charge >= 0.3 is 5.97 Å². The number of furan rings is 1. The van der Waals surface area contributed by atoms with E-state index in [0.29, 0.717) is 29.4 Å². The van der Waals surface area contributed by atoms with Crippen LogP contribution in [0.3, 0.4) is 0 Å². The van der Waals surface area contributed by atoms with Crippen LogP contribution in [-0.2, 0) is 11.2 Å². The number of rotatable bonds is 6. The molecule has 0 amide bonds. The van der Waals surface area contributed by atoms with Crippen molar-refractivity contribution in [2.75, 3.05) is 13.7 Å². The molecule has 0 atom stereocenters. The van der Waals surface area contributed by atoms with Crippen molar-refractivity contribution < 1.29 is 18.7 Å². The molecule has 4 nitrogen and oxygen atoms in total. The third-order valence-corrected chi connectivity index (χ3v) is 5.87. The molecule has 2 aromatic carbocycles. The first-order valence-corrected chi connectivity index (χ1v) is 10.6. The van der Waals surface area contributed by atoms with Crippen molar-refractivity contribution in [3.63, 3.8) is 0 Å². The molecule has 29 heavy (non-hydrogen) atoms. The summed E-state index contributed by atoms with van der Waals surface area (Å²) in [5.41, 5.74) is 3.15. The van der Waals surface area contributed by atoms with E-state index in [1.807, 2.05) is 49.4 Å². The lowest BCUT2D eigenvalue weighted by Gasteiger charge is -2.23. The summed E-state index contributed by atoms with van der Waals surface area (Å²) in [5, 5.41) is 0.840. The summed E-state index contributed by atoms with van der Waals surface area (Å²) < 4.78 is 17.4. The maximum Gasteiger partial charge on any atom is 0.342 e. The zero-order valence-corrected chi connectivity index (χ0v) is 17.2. The molecule has 0 bridgehead atoms. The van der Waals surface area contributed by atoms with Crippen molar-refractivity contribution in [3.8, 4) is 17.1 Å². The van der Waals surface area contributed by atoms with E-state index in [1.54, 1.807) is 7.11 Å². The number of methoxy groups -OCH3 is 1. The van der Waals surface area contributed by atoms with Crippen molar-refractivity contribution in [2.24, 2.45) is 5.92 Å². The Labute approximate surface area is 171 Å². The van der Waals surface area contributed by atoms with Crippen molar-refractivity contribution in [2.45, 2.75) is 45.4 Å². The standard InChI is InChI=1S/C25H28O4/c1-3-28-25(26)23-22-19(16-17-10-6-4-7-11-17)20(27-2)14-15-21(22)29-24(23)18-12-8-5-9-13-18/h5,8-9,12-15,17H,3-4,6-7,10-11,16H2,1-2H3. The van der Waals surface area contributed by atoms with Crippen LogP contribution in [0.1, 0.15) is 54.9 Å². The monoisotopic (exact) mass is 392 g/mol. The molecule has 0 aliphatic heterocycles. The van der Waals surface area contributed by atoms with Crippen LogP contribution in [0.5, 0.6) is 5.75 Å². The van der Waals surface area contributed by atoms with Gasteiger partial charge in [0.15, 0.2) is 0 Å². The Bertz CT molecular complexity index is 981. The molecule has 0 N–H and O–H groups in total. The lowest BCUT2D eigenvalue weighted by molar-refractivity contribution is 0.0528. The van der Waals surface area contributed by atoms with Gasteiger partial charge in [-0.05, 0) is 31.4 Å². The van der Waals surface area contributed by atoms with Gasteiger partial charge in [0.05, 0.1) is 13.7 Å². The second kappa shape index (κ2) is 8.73. The van der Waals surface area contributed by atoms with Gasteiger partial charge < -0.3 is 13.9 Å². The first kappa shape index (κ1) is 19.6. The third-order valence-electron chi connectivity index (χ3n) is 5.87. The van der Waals surface area contributed by atoms with Crippen molar-refractivity contribution >= 4 is 16.9 Å². The van der Waals surface area contributed by atoms with E-state index in [9.17, 15) is 4.79 Å². The van der Waals surface area contributed by atoms with E-state index in [2.05, 4.69) is 0 Å². The Balaban J connectivity index is 1.92. The van der Waals surface area contributed by atoms with Gasteiger partial charge in [0, 0.05) is 16.5 Å². The Morgan fingerprint density at radius 1 is 1.07 bits per heavy atom. The number of carbonyl (C=O) groups excluding carboxylic acids is 1. The fourth-order valence-corrected chi connectivity index (χ4v) is 4.51. The minimum Gasteiger partial charge on any atom is -0.496 e. The molecule has 1 fully saturated rings. The Hall–Kier alpha value is -2.75. The summed E-state index contributed by atoms with van der Waals surface area (Å²) in [6.45, 7) is 2.15. The highest BCUT2D eigenvalue weighted by Gasteiger charge is 2.28. The van der Waals surface area contributed by atoms with Gasteiger partial charge in [-0.15, -0.1) is 0 Å². The predicted octanol–water partition coefficient (Wildman–Crippen LogP) is 6.41. The normalized spacial score (nSPS) is 14.8. The molecule has 1 aromatic heterocycles. The number of esters is 1. The Kier molecular flexibility index (Phi) is 5.89. The second-order valence-electron chi connectivity index (χ2n) is 7.72. The minimum absolute atomic E-state index is 0.321. The number of hydrogen-bond donors (Lipinski definition) is 0. The first-order valence-electron chi connectivity index (χ1n) is 10.6. The molecule has 1 saturated carbocycles. The highest BCUT2D eigenvalue weighted by atomic mass is 16.5. The van der Waals surface area contributed by atoms with Crippen LogP contribution in [0.2, 0.25) is 0 Å². The Morgan fingerprint density at radius 2 is 1.83 bits per heavy atom. The quantitative estimate of drug-likeness (QED) is 0.455. The SMILES string of the molecule is CCOC(=O)c1c(-c2ccccc2)oc2ccc(OC)c(CC3CCCCC3)c12. The molecular weight excluding hydrogens is 364 g/mol. The lowest BCUT2D eigenvalue weighted by atomic mass is 9.83. The van der Waals surface area contributed by atoms with E-state index in [1.165, 1.54) is 32.1 Å². The Morgan fingerprint density at radius 3 is 2.52 bits per heavy atom. The molecule has 4 heteroatoms. The van der Waals surface area contributed by atoms with Gasteiger partial charge in [0.2, 0.25) is 0 Å². The lowest BCUT2D eigenvalue weighted by Crippen LogP contribution is -2.11. The van der Waals surface area contributed by atoms with Gasteiger partial charge in [0.25, 0.3) is 0 Å². The van der Waals surface area contributed by atoms with E-state index in [0.717, 1.165) is 28.7 Å². The largest absolute Gasteiger partial charge is 0.496 e. The molecular formula is C25H28O4. The van der Waals surface area contributed by atoms with E-state index in [-0.39, 0.29) is 5.97 Å². The maximum absolute atomic E-state index is 13.0. The van der Waals surface area contributed by atoms with Gasteiger partial charge in [-0.1, -0.05) is 62.4 Å².